The van der Waals surface area contributed by atoms with E-state index in [1.807, 2.05) is 35.2 Å². The van der Waals surface area contributed by atoms with E-state index in [0.29, 0.717) is 26.2 Å². The Kier molecular flexibility index (Phi) is 5.54. The lowest BCUT2D eigenvalue weighted by molar-refractivity contribution is -0.152. The summed E-state index contributed by atoms with van der Waals surface area (Å²) in [5.41, 5.74) is 0.548. The van der Waals surface area contributed by atoms with Gasteiger partial charge < -0.3 is 20.1 Å². The van der Waals surface area contributed by atoms with Crippen LogP contribution in [0.1, 0.15) is 37.9 Å². The number of aliphatic hydroxyl groups excluding tert-OH is 1. The molecule has 1 aromatic rings. The predicted octanol–water partition coefficient (Wildman–Crippen LogP) is 1.73. The molecule has 1 aromatic carbocycles. The van der Waals surface area contributed by atoms with Crippen LogP contribution in [0.25, 0.3) is 0 Å². The van der Waals surface area contributed by atoms with Crippen molar-refractivity contribution in [2.45, 2.75) is 38.3 Å². The largest absolute Gasteiger partial charge is 0.388 e. The quantitative estimate of drug-likeness (QED) is 0.881. The van der Waals surface area contributed by atoms with Crippen molar-refractivity contribution in [2.24, 2.45) is 5.41 Å². The van der Waals surface area contributed by atoms with E-state index in [2.05, 4.69) is 12.2 Å². The predicted molar refractivity (Wildman–Crippen MR) is 92.5 cm³/mol. The fourth-order valence-corrected chi connectivity index (χ4v) is 3.77. The van der Waals surface area contributed by atoms with E-state index in [1.54, 1.807) is 0 Å². The van der Waals surface area contributed by atoms with Crippen molar-refractivity contribution < 1.29 is 14.6 Å². The third-order valence-corrected chi connectivity index (χ3v) is 5.28. The van der Waals surface area contributed by atoms with E-state index in [9.17, 15) is 9.90 Å². The Balaban J connectivity index is 1.70. The molecule has 0 radical (unpaired) electrons. The zero-order valence-corrected chi connectivity index (χ0v) is 14.4. The fraction of sp³-hybridized carbons (Fsp3) is 0.632. The topological polar surface area (TPSA) is 61.8 Å². The number of aliphatic hydroxyl groups is 1. The monoisotopic (exact) mass is 332 g/mol. The van der Waals surface area contributed by atoms with Crippen LogP contribution in [0.5, 0.6) is 0 Å². The Hall–Kier alpha value is -1.43. The highest BCUT2D eigenvalue weighted by Gasteiger charge is 2.41. The molecular weight excluding hydrogens is 304 g/mol. The van der Waals surface area contributed by atoms with E-state index in [4.69, 9.17) is 4.74 Å². The minimum absolute atomic E-state index is 0.0693. The van der Waals surface area contributed by atoms with Crippen molar-refractivity contribution in [3.05, 3.63) is 35.9 Å². The van der Waals surface area contributed by atoms with Crippen LogP contribution in [0.15, 0.2) is 30.3 Å². The van der Waals surface area contributed by atoms with Gasteiger partial charge in [0.05, 0.1) is 30.8 Å². The normalized spacial score (nSPS) is 29.2. The number of benzene rings is 1. The van der Waals surface area contributed by atoms with E-state index in [1.165, 1.54) is 0 Å². The maximum atomic E-state index is 13.2. The SMILES string of the molecule is CC1(C(=O)N2CCOCC2CC(O)c2ccccc2)CCCNC1. The second kappa shape index (κ2) is 7.64. The maximum Gasteiger partial charge on any atom is 0.230 e. The molecule has 3 unspecified atom stereocenters. The third kappa shape index (κ3) is 3.79. The third-order valence-electron chi connectivity index (χ3n) is 5.28. The van der Waals surface area contributed by atoms with Gasteiger partial charge in [0.15, 0.2) is 0 Å². The summed E-state index contributed by atoms with van der Waals surface area (Å²) in [6.07, 6.45) is 1.89. The molecule has 2 aliphatic heterocycles. The van der Waals surface area contributed by atoms with Gasteiger partial charge in [-0.25, -0.2) is 0 Å². The van der Waals surface area contributed by atoms with Gasteiger partial charge in [-0.3, -0.25) is 4.79 Å². The molecule has 3 atom stereocenters. The average Bonchev–Trinajstić information content (AvgIpc) is 2.63. The van der Waals surface area contributed by atoms with Crippen LogP contribution in [0.2, 0.25) is 0 Å². The molecule has 2 aliphatic rings. The number of carbonyl (C=O) groups excluding carboxylic acids is 1. The Morgan fingerprint density at radius 3 is 2.96 bits per heavy atom. The summed E-state index contributed by atoms with van der Waals surface area (Å²) in [5, 5.41) is 13.9. The summed E-state index contributed by atoms with van der Waals surface area (Å²) in [7, 11) is 0. The molecule has 0 saturated carbocycles. The van der Waals surface area contributed by atoms with Crippen LogP contribution in [-0.4, -0.2) is 54.8 Å². The van der Waals surface area contributed by atoms with Crippen LogP contribution >= 0.6 is 0 Å². The molecule has 2 N–H and O–H groups in total. The van der Waals surface area contributed by atoms with Gasteiger partial charge in [-0.2, -0.15) is 0 Å². The van der Waals surface area contributed by atoms with Gasteiger partial charge in [-0.1, -0.05) is 30.3 Å². The van der Waals surface area contributed by atoms with Crippen molar-refractivity contribution in [1.82, 2.24) is 10.2 Å². The molecule has 132 valence electrons. The number of hydrogen-bond acceptors (Lipinski definition) is 4. The molecule has 5 heteroatoms. The Bertz CT molecular complexity index is 543. The standard InChI is InChI=1S/C19H28N2O3/c1-19(8-5-9-20-14-19)18(23)21-10-11-24-13-16(21)12-17(22)15-6-3-2-4-7-15/h2-4,6-7,16-17,20,22H,5,8-14H2,1H3. The van der Waals surface area contributed by atoms with Gasteiger partial charge in [0, 0.05) is 19.5 Å². The number of nitrogens with one attached hydrogen (secondary N) is 1. The van der Waals surface area contributed by atoms with E-state index in [0.717, 1.165) is 31.5 Å². The van der Waals surface area contributed by atoms with Crippen molar-refractivity contribution in [1.29, 1.82) is 0 Å². The highest BCUT2D eigenvalue weighted by Crippen LogP contribution is 2.31. The van der Waals surface area contributed by atoms with E-state index in [-0.39, 0.29) is 17.4 Å². The van der Waals surface area contributed by atoms with Gasteiger partial charge in [0.25, 0.3) is 0 Å². The Morgan fingerprint density at radius 1 is 1.46 bits per heavy atom. The first-order valence-corrected chi connectivity index (χ1v) is 8.93. The smallest absolute Gasteiger partial charge is 0.230 e. The van der Waals surface area contributed by atoms with Gasteiger partial charge in [-0.15, -0.1) is 0 Å². The minimum Gasteiger partial charge on any atom is -0.388 e. The van der Waals surface area contributed by atoms with Gasteiger partial charge in [0.1, 0.15) is 0 Å². The zero-order chi connectivity index (χ0) is 17.0. The first-order chi connectivity index (χ1) is 11.6. The first-order valence-electron chi connectivity index (χ1n) is 8.93. The van der Waals surface area contributed by atoms with Gasteiger partial charge in [0.2, 0.25) is 5.91 Å². The van der Waals surface area contributed by atoms with Crippen LogP contribution in [0, 0.1) is 5.41 Å². The molecule has 24 heavy (non-hydrogen) atoms. The van der Waals surface area contributed by atoms with Crippen molar-refractivity contribution in [2.75, 3.05) is 32.8 Å². The number of ether oxygens (including phenoxy) is 1. The molecule has 2 saturated heterocycles. The summed E-state index contributed by atoms with van der Waals surface area (Å²) < 4.78 is 5.60. The maximum absolute atomic E-state index is 13.2. The van der Waals surface area contributed by atoms with Gasteiger partial charge >= 0.3 is 0 Å². The number of hydrogen-bond donors (Lipinski definition) is 2. The molecule has 2 fully saturated rings. The molecule has 0 aliphatic carbocycles. The number of amides is 1. The summed E-state index contributed by atoms with van der Waals surface area (Å²) >= 11 is 0. The van der Waals surface area contributed by atoms with Crippen LogP contribution in [-0.2, 0) is 9.53 Å². The second-order valence-electron chi connectivity index (χ2n) is 7.23. The number of carbonyl (C=O) groups is 1. The molecule has 5 nitrogen and oxygen atoms in total. The van der Waals surface area contributed by atoms with E-state index < -0.39 is 6.10 Å². The summed E-state index contributed by atoms with van der Waals surface area (Å²) in [6.45, 7) is 5.47. The number of piperidine rings is 1. The average molecular weight is 332 g/mol. The van der Waals surface area contributed by atoms with Crippen molar-refractivity contribution >= 4 is 5.91 Å². The zero-order valence-electron chi connectivity index (χ0n) is 14.4. The highest BCUT2D eigenvalue weighted by molar-refractivity contribution is 5.83. The lowest BCUT2D eigenvalue weighted by Gasteiger charge is -2.43. The second-order valence-corrected chi connectivity index (χ2v) is 7.23. The minimum atomic E-state index is -0.578. The summed E-state index contributed by atoms with van der Waals surface area (Å²) in [4.78, 5) is 15.1. The van der Waals surface area contributed by atoms with E-state index >= 15 is 0 Å². The summed E-state index contributed by atoms with van der Waals surface area (Å²) in [5.74, 6) is 0.197. The van der Waals surface area contributed by atoms with Crippen molar-refractivity contribution in [3.8, 4) is 0 Å². The lowest BCUT2D eigenvalue weighted by Crippen LogP contribution is -2.57. The Labute approximate surface area is 144 Å². The molecule has 0 aromatic heterocycles. The van der Waals surface area contributed by atoms with Gasteiger partial charge in [-0.05, 0) is 31.9 Å². The van der Waals surface area contributed by atoms with Crippen LogP contribution < -0.4 is 5.32 Å². The van der Waals surface area contributed by atoms with Crippen molar-refractivity contribution in [3.63, 3.8) is 0 Å². The van der Waals surface area contributed by atoms with Crippen LogP contribution in [0.4, 0.5) is 0 Å². The number of morpholine rings is 1. The molecule has 3 rings (SSSR count). The van der Waals surface area contributed by atoms with Crippen LogP contribution in [0.3, 0.4) is 0 Å². The summed E-state index contributed by atoms with van der Waals surface area (Å²) in [6, 6.07) is 9.56. The lowest BCUT2D eigenvalue weighted by atomic mass is 9.80. The molecule has 0 spiro atoms. The fourth-order valence-electron chi connectivity index (χ4n) is 3.77. The number of rotatable bonds is 4. The number of nitrogens with zero attached hydrogens (tertiary/aromatic N) is 1. The Morgan fingerprint density at radius 2 is 2.25 bits per heavy atom. The molecular formula is C19H28N2O3. The molecule has 2 heterocycles. The molecule has 1 amide bonds. The molecule has 0 bridgehead atoms. The highest BCUT2D eigenvalue weighted by atomic mass is 16.5. The first kappa shape index (κ1) is 17.4.